The highest BCUT2D eigenvalue weighted by Gasteiger charge is 2.27. The second-order valence-electron chi connectivity index (χ2n) is 5.65. The van der Waals surface area contributed by atoms with Crippen LogP contribution in [-0.2, 0) is 4.79 Å². The van der Waals surface area contributed by atoms with Crippen LogP contribution < -0.4 is 4.90 Å². The van der Waals surface area contributed by atoms with Crippen molar-refractivity contribution >= 4 is 23.7 Å². The van der Waals surface area contributed by atoms with Gasteiger partial charge >= 0.3 is 5.97 Å². The van der Waals surface area contributed by atoms with Crippen LogP contribution in [0.1, 0.15) is 52.5 Å². The van der Waals surface area contributed by atoms with E-state index in [1.807, 2.05) is 0 Å². The van der Waals surface area contributed by atoms with Gasteiger partial charge in [-0.2, -0.15) is 0 Å². The van der Waals surface area contributed by atoms with Gasteiger partial charge in [0.2, 0.25) is 5.95 Å². The molecule has 1 aromatic rings. The van der Waals surface area contributed by atoms with E-state index < -0.39 is 5.97 Å². The fourth-order valence-electron chi connectivity index (χ4n) is 2.91. The van der Waals surface area contributed by atoms with Crippen LogP contribution in [0, 0.1) is 0 Å². The minimum atomic E-state index is -0.821. The second kappa shape index (κ2) is 7.15. The smallest absolute Gasteiger partial charge is 0.313 e. The van der Waals surface area contributed by atoms with Crippen LogP contribution in [0.25, 0.3) is 0 Å². The molecule has 0 amide bonds. The standard InChI is InChI=1S/C14H24N4O2S/c1-4-17(10(2)3)13-15-16-14(21-9-12(19)20)18(13)11-7-5-6-8-11/h10-11H,4-9H2,1-3H3,(H,19,20). The Kier molecular flexibility index (Phi) is 5.50. The zero-order valence-electron chi connectivity index (χ0n) is 12.9. The summed E-state index contributed by atoms with van der Waals surface area (Å²) in [5, 5.41) is 18.2. The van der Waals surface area contributed by atoms with E-state index in [0.29, 0.717) is 12.1 Å². The predicted molar refractivity (Wildman–Crippen MR) is 84.0 cm³/mol. The average Bonchev–Trinajstić information content (AvgIpc) is 3.05. The molecule has 0 saturated heterocycles. The highest BCUT2D eigenvalue weighted by molar-refractivity contribution is 7.99. The quantitative estimate of drug-likeness (QED) is 0.781. The van der Waals surface area contributed by atoms with Crippen molar-refractivity contribution in [2.24, 2.45) is 0 Å². The zero-order chi connectivity index (χ0) is 15.4. The summed E-state index contributed by atoms with van der Waals surface area (Å²) in [7, 11) is 0. The minimum Gasteiger partial charge on any atom is -0.481 e. The molecular weight excluding hydrogens is 288 g/mol. The topological polar surface area (TPSA) is 71.2 Å². The Balaban J connectivity index is 2.32. The SMILES string of the molecule is CCN(c1nnc(SCC(=O)O)n1C1CCCC1)C(C)C. The lowest BCUT2D eigenvalue weighted by molar-refractivity contribution is -0.133. The zero-order valence-corrected chi connectivity index (χ0v) is 13.8. The Bertz CT molecular complexity index is 483. The van der Waals surface area contributed by atoms with E-state index in [-0.39, 0.29) is 5.75 Å². The summed E-state index contributed by atoms with van der Waals surface area (Å²) >= 11 is 1.27. The third kappa shape index (κ3) is 3.70. The van der Waals surface area contributed by atoms with Gasteiger partial charge in [-0.1, -0.05) is 24.6 Å². The van der Waals surface area contributed by atoms with Gasteiger partial charge in [-0.15, -0.1) is 10.2 Å². The molecule has 1 aliphatic carbocycles. The van der Waals surface area contributed by atoms with E-state index in [2.05, 4.69) is 40.4 Å². The van der Waals surface area contributed by atoms with Gasteiger partial charge in [-0.05, 0) is 33.6 Å². The molecular formula is C14H24N4O2S. The summed E-state index contributed by atoms with van der Waals surface area (Å²) in [5.74, 6) is 0.0876. The number of nitrogens with zero attached hydrogens (tertiary/aromatic N) is 4. The van der Waals surface area contributed by atoms with Crippen LogP contribution in [0.15, 0.2) is 5.16 Å². The first-order chi connectivity index (χ1) is 10.0. The molecule has 0 unspecified atom stereocenters. The van der Waals surface area contributed by atoms with Crippen molar-refractivity contribution in [3.8, 4) is 0 Å². The molecule has 118 valence electrons. The Hall–Kier alpha value is -1.24. The van der Waals surface area contributed by atoms with E-state index in [1.165, 1.54) is 24.6 Å². The van der Waals surface area contributed by atoms with E-state index in [0.717, 1.165) is 30.5 Å². The number of thioether (sulfide) groups is 1. The highest BCUT2D eigenvalue weighted by Crippen LogP contribution is 2.36. The summed E-state index contributed by atoms with van der Waals surface area (Å²) in [4.78, 5) is 13.0. The molecule has 1 fully saturated rings. The Morgan fingerprint density at radius 2 is 2.10 bits per heavy atom. The maximum atomic E-state index is 10.8. The number of rotatable bonds is 7. The molecule has 0 aliphatic heterocycles. The van der Waals surface area contributed by atoms with E-state index >= 15 is 0 Å². The Morgan fingerprint density at radius 1 is 1.43 bits per heavy atom. The molecule has 1 aromatic heterocycles. The van der Waals surface area contributed by atoms with Crippen LogP contribution in [0.4, 0.5) is 5.95 Å². The van der Waals surface area contributed by atoms with Crippen LogP contribution in [0.3, 0.4) is 0 Å². The molecule has 0 atom stereocenters. The molecule has 7 heteroatoms. The average molecular weight is 312 g/mol. The van der Waals surface area contributed by atoms with Crippen LogP contribution in [-0.4, -0.2) is 44.2 Å². The van der Waals surface area contributed by atoms with Gasteiger partial charge in [-0.3, -0.25) is 9.36 Å². The van der Waals surface area contributed by atoms with Crippen molar-refractivity contribution in [1.29, 1.82) is 0 Å². The van der Waals surface area contributed by atoms with E-state index in [4.69, 9.17) is 5.11 Å². The summed E-state index contributed by atoms with van der Waals surface area (Å²) in [6.07, 6.45) is 4.70. The Morgan fingerprint density at radius 3 is 2.62 bits per heavy atom. The minimum absolute atomic E-state index is 0.0264. The summed E-state index contributed by atoms with van der Waals surface area (Å²) < 4.78 is 2.17. The second-order valence-corrected chi connectivity index (χ2v) is 6.60. The first-order valence-corrected chi connectivity index (χ1v) is 8.59. The molecule has 0 spiro atoms. The number of carbonyl (C=O) groups is 1. The van der Waals surface area contributed by atoms with Gasteiger partial charge in [-0.25, -0.2) is 0 Å². The number of carboxylic acid groups (broad SMARTS) is 1. The van der Waals surface area contributed by atoms with Crippen LogP contribution >= 0.6 is 11.8 Å². The van der Waals surface area contributed by atoms with Crippen molar-refractivity contribution in [3.05, 3.63) is 0 Å². The van der Waals surface area contributed by atoms with E-state index in [9.17, 15) is 4.79 Å². The number of aromatic nitrogens is 3. The van der Waals surface area contributed by atoms with Crippen molar-refractivity contribution in [1.82, 2.24) is 14.8 Å². The molecule has 0 bridgehead atoms. The summed E-state index contributed by atoms with van der Waals surface area (Å²) in [6.45, 7) is 7.26. The first kappa shape index (κ1) is 16.1. The largest absolute Gasteiger partial charge is 0.481 e. The van der Waals surface area contributed by atoms with Gasteiger partial charge in [0.05, 0.1) is 5.75 Å². The van der Waals surface area contributed by atoms with Gasteiger partial charge in [0.15, 0.2) is 5.16 Å². The number of hydrogen-bond acceptors (Lipinski definition) is 5. The first-order valence-electron chi connectivity index (χ1n) is 7.60. The molecule has 21 heavy (non-hydrogen) atoms. The molecule has 0 aromatic carbocycles. The summed E-state index contributed by atoms with van der Waals surface area (Å²) in [6, 6.07) is 0.746. The molecule has 0 radical (unpaired) electrons. The van der Waals surface area contributed by atoms with Gasteiger partial charge in [0, 0.05) is 18.6 Å². The maximum absolute atomic E-state index is 10.8. The van der Waals surface area contributed by atoms with Crippen LogP contribution in [0.5, 0.6) is 0 Å². The van der Waals surface area contributed by atoms with Crippen molar-refractivity contribution in [2.45, 2.75) is 63.7 Å². The lowest BCUT2D eigenvalue weighted by Gasteiger charge is -2.28. The molecule has 2 rings (SSSR count). The Labute approximate surface area is 129 Å². The lowest BCUT2D eigenvalue weighted by Crippen LogP contribution is -2.33. The third-order valence-electron chi connectivity index (χ3n) is 3.88. The van der Waals surface area contributed by atoms with Gasteiger partial charge in [0.25, 0.3) is 0 Å². The monoisotopic (exact) mass is 312 g/mol. The van der Waals surface area contributed by atoms with Crippen molar-refractivity contribution in [2.75, 3.05) is 17.2 Å². The van der Waals surface area contributed by atoms with Crippen molar-refractivity contribution < 1.29 is 9.90 Å². The molecule has 1 heterocycles. The highest BCUT2D eigenvalue weighted by atomic mass is 32.2. The number of aliphatic carboxylic acids is 1. The van der Waals surface area contributed by atoms with Gasteiger partial charge in [0.1, 0.15) is 0 Å². The van der Waals surface area contributed by atoms with Gasteiger partial charge < -0.3 is 10.0 Å². The fourth-order valence-corrected chi connectivity index (χ4v) is 3.63. The normalized spacial score (nSPS) is 15.8. The predicted octanol–water partition coefficient (Wildman–Crippen LogP) is 2.80. The summed E-state index contributed by atoms with van der Waals surface area (Å²) in [5.41, 5.74) is 0. The fraction of sp³-hybridized carbons (Fsp3) is 0.786. The molecule has 1 N–H and O–H groups in total. The number of hydrogen-bond donors (Lipinski definition) is 1. The molecule has 6 nitrogen and oxygen atoms in total. The molecule has 1 saturated carbocycles. The number of anilines is 1. The number of carboxylic acids is 1. The lowest BCUT2D eigenvalue weighted by atomic mass is 10.2. The maximum Gasteiger partial charge on any atom is 0.313 e. The van der Waals surface area contributed by atoms with Crippen LogP contribution in [0.2, 0.25) is 0 Å². The van der Waals surface area contributed by atoms with E-state index in [1.54, 1.807) is 0 Å². The molecule has 1 aliphatic rings. The third-order valence-corrected chi connectivity index (χ3v) is 4.81. The van der Waals surface area contributed by atoms with Crippen molar-refractivity contribution in [3.63, 3.8) is 0 Å².